The lowest BCUT2D eigenvalue weighted by Gasteiger charge is -2.06. The minimum Gasteiger partial charge on any atom is -0.359 e. The van der Waals surface area contributed by atoms with Crippen molar-refractivity contribution in [2.24, 2.45) is 0 Å². The lowest BCUT2D eigenvalue weighted by Crippen LogP contribution is -2.14. The van der Waals surface area contributed by atoms with Gasteiger partial charge in [0.25, 0.3) is 5.91 Å². The molecule has 2 rings (SSSR count). The van der Waals surface area contributed by atoms with Gasteiger partial charge in [-0.15, -0.1) is 0 Å². The van der Waals surface area contributed by atoms with Crippen molar-refractivity contribution >= 4 is 40.5 Å². The summed E-state index contributed by atoms with van der Waals surface area (Å²) in [5, 5.41) is 15.5. The van der Waals surface area contributed by atoms with Crippen molar-refractivity contribution < 1.29 is 4.79 Å². The molecule has 0 saturated carbocycles. The quantitative estimate of drug-likeness (QED) is 0.642. The number of carbonyl (C=O) groups is 1. The van der Waals surface area contributed by atoms with Crippen LogP contribution in [0.2, 0.25) is 10.0 Å². The number of hydrogen-bond acceptors (Lipinski definition) is 3. The average Bonchev–Trinajstić information content (AvgIpc) is 2.52. The van der Waals surface area contributed by atoms with Gasteiger partial charge in [0.05, 0.1) is 10.7 Å². The molecule has 0 aliphatic carbocycles. The highest BCUT2D eigenvalue weighted by molar-refractivity contribution is 6.35. The van der Waals surface area contributed by atoms with Gasteiger partial charge < -0.3 is 10.6 Å². The smallest absolute Gasteiger partial charge is 0.267 e. The van der Waals surface area contributed by atoms with Crippen LogP contribution in [-0.2, 0) is 4.79 Å². The van der Waals surface area contributed by atoms with Crippen LogP contribution in [0.25, 0.3) is 0 Å². The zero-order valence-corrected chi connectivity index (χ0v) is 12.8. The van der Waals surface area contributed by atoms with Gasteiger partial charge in [0.1, 0.15) is 11.6 Å². The number of anilines is 2. The maximum absolute atomic E-state index is 12.0. The van der Waals surface area contributed by atoms with E-state index in [1.807, 2.05) is 12.1 Å². The first-order valence-corrected chi connectivity index (χ1v) is 7.04. The molecule has 0 saturated heterocycles. The lowest BCUT2D eigenvalue weighted by molar-refractivity contribution is -0.112. The molecule has 0 aliphatic rings. The average molecular weight is 332 g/mol. The van der Waals surface area contributed by atoms with E-state index in [-0.39, 0.29) is 5.57 Å². The molecule has 0 fully saturated rings. The fourth-order valence-corrected chi connectivity index (χ4v) is 1.97. The number of nitrogens with zero attached hydrogens (tertiary/aromatic N) is 1. The number of benzene rings is 2. The predicted molar refractivity (Wildman–Crippen MR) is 88.9 cm³/mol. The van der Waals surface area contributed by atoms with Crippen LogP contribution in [0.4, 0.5) is 11.4 Å². The summed E-state index contributed by atoms with van der Waals surface area (Å²) in [5.41, 5.74) is 1.03. The molecule has 22 heavy (non-hydrogen) atoms. The summed E-state index contributed by atoms with van der Waals surface area (Å²) in [6.07, 6.45) is 1.29. The molecule has 4 nitrogen and oxygen atoms in total. The monoisotopic (exact) mass is 331 g/mol. The molecule has 110 valence electrons. The van der Waals surface area contributed by atoms with Crippen molar-refractivity contribution in [2.45, 2.75) is 0 Å². The highest BCUT2D eigenvalue weighted by Crippen LogP contribution is 2.25. The number of nitrogens with one attached hydrogen (secondary N) is 2. The molecule has 0 aliphatic heterocycles. The number of para-hydroxylation sites is 1. The van der Waals surface area contributed by atoms with Crippen molar-refractivity contribution in [2.75, 3.05) is 10.6 Å². The topological polar surface area (TPSA) is 64.9 Å². The molecule has 2 aromatic rings. The minimum absolute atomic E-state index is 0.0834. The fourth-order valence-electron chi connectivity index (χ4n) is 1.63. The van der Waals surface area contributed by atoms with Gasteiger partial charge in [-0.2, -0.15) is 5.26 Å². The summed E-state index contributed by atoms with van der Waals surface area (Å²) in [7, 11) is 0. The second-order valence-corrected chi connectivity index (χ2v) is 5.10. The third kappa shape index (κ3) is 4.26. The first-order valence-electron chi connectivity index (χ1n) is 6.28. The Morgan fingerprint density at radius 1 is 1.14 bits per heavy atom. The van der Waals surface area contributed by atoms with Crippen LogP contribution in [0, 0.1) is 11.3 Å². The number of halogens is 2. The molecule has 0 bridgehead atoms. The summed E-state index contributed by atoms with van der Waals surface area (Å²) in [5.74, 6) is -0.514. The molecule has 0 heterocycles. The molecule has 0 aromatic heterocycles. The van der Waals surface area contributed by atoms with E-state index in [1.165, 1.54) is 6.20 Å². The van der Waals surface area contributed by atoms with E-state index < -0.39 is 5.91 Å². The van der Waals surface area contributed by atoms with Crippen LogP contribution >= 0.6 is 23.2 Å². The number of hydrogen-bond donors (Lipinski definition) is 2. The van der Waals surface area contributed by atoms with Crippen molar-refractivity contribution in [1.82, 2.24) is 0 Å². The predicted octanol–water partition coefficient (Wildman–Crippen LogP) is 4.45. The largest absolute Gasteiger partial charge is 0.359 e. The molecule has 2 N–H and O–H groups in total. The normalized spacial score (nSPS) is 10.7. The zero-order valence-electron chi connectivity index (χ0n) is 11.3. The van der Waals surface area contributed by atoms with Gasteiger partial charge in [-0.1, -0.05) is 41.4 Å². The summed E-state index contributed by atoms with van der Waals surface area (Å²) in [6.45, 7) is 0. The van der Waals surface area contributed by atoms with Gasteiger partial charge in [-0.05, 0) is 30.3 Å². The maximum Gasteiger partial charge on any atom is 0.267 e. The van der Waals surface area contributed by atoms with E-state index in [1.54, 1.807) is 42.5 Å². The standard InChI is InChI=1S/C16H11Cl2N3O/c17-12-6-7-14(18)15(8-12)20-10-11(9-19)16(22)21-13-4-2-1-3-5-13/h1-8,10,20H,(H,21,22). The summed E-state index contributed by atoms with van der Waals surface area (Å²) in [4.78, 5) is 12.0. The van der Waals surface area contributed by atoms with Crippen LogP contribution in [-0.4, -0.2) is 5.91 Å². The Hall–Kier alpha value is -2.48. The van der Waals surface area contributed by atoms with Crippen molar-refractivity contribution in [3.05, 3.63) is 70.3 Å². The lowest BCUT2D eigenvalue weighted by atomic mass is 10.2. The Labute approximate surface area is 138 Å². The third-order valence-electron chi connectivity index (χ3n) is 2.70. The molecule has 0 spiro atoms. The van der Waals surface area contributed by atoms with E-state index in [0.29, 0.717) is 21.4 Å². The molecule has 6 heteroatoms. The van der Waals surface area contributed by atoms with Crippen LogP contribution in [0.5, 0.6) is 0 Å². The van der Waals surface area contributed by atoms with Crippen molar-refractivity contribution in [3.8, 4) is 6.07 Å². The first kappa shape index (κ1) is 15.9. The molecule has 0 atom stereocenters. The second kappa shape index (κ2) is 7.51. The van der Waals surface area contributed by atoms with Crippen LogP contribution < -0.4 is 10.6 Å². The van der Waals surface area contributed by atoms with E-state index in [9.17, 15) is 4.79 Å². The van der Waals surface area contributed by atoms with Gasteiger partial charge in [0, 0.05) is 16.9 Å². The van der Waals surface area contributed by atoms with E-state index in [2.05, 4.69) is 10.6 Å². The molecule has 0 unspecified atom stereocenters. The van der Waals surface area contributed by atoms with Crippen LogP contribution in [0.1, 0.15) is 0 Å². The van der Waals surface area contributed by atoms with Crippen LogP contribution in [0.15, 0.2) is 60.3 Å². The third-order valence-corrected chi connectivity index (χ3v) is 3.26. The second-order valence-electron chi connectivity index (χ2n) is 4.26. The number of rotatable bonds is 4. The number of carbonyl (C=O) groups excluding carboxylic acids is 1. The minimum atomic E-state index is -0.514. The van der Waals surface area contributed by atoms with Gasteiger partial charge in [-0.25, -0.2) is 0 Å². The number of amides is 1. The van der Waals surface area contributed by atoms with Crippen molar-refractivity contribution in [3.63, 3.8) is 0 Å². The van der Waals surface area contributed by atoms with E-state index in [0.717, 1.165) is 0 Å². The Balaban J connectivity index is 2.12. The highest BCUT2D eigenvalue weighted by atomic mass is 35.5. The fraction of sp³-hybridized carbons (Fsp3) is 0. The van der Waals surface area contributed by atoms with Gasteiger partial charge >= 0.3 is 0 Å². The van der Waals surface area contributed by atoms with Crippen LogP contribution in [0.3, 0.4) is 0 Å². The van der Waals surface area contributed by atoms with Gasteiger partial charge in [-0.3, -0.25) is 4.79 Å². The van der Waals surface area contributed by atoms with Crippen molar-refractivity contribution in [1.29, 1.82) is 5.26 Å². The Bertz CT molecular complexity index is 752. The van der Waals surface area contributed by atoms with Gasteiger partial charge in [0.15, 0.2) is 0 Å². The SMILES string of the molecule is N#CC(=CNc1cc(Cl)ccc1Cl)C(=O)Nc1ccccc1. The number of nitriles is 1. The molecular weight excluding hydrogens is 321 g/mol. The summed E-state index contributed by atoms with van der Waals surface area (Å²) < 4.78 is 0. The zero-order chi connectivity index (χ0) is 15.9. The molecule has 1 amide bonds. The van der Waals surface area contributed by atoms with Gasteiger partial charge in [0.2, 0.25) is 0 Å². The molecule has 2 aromatic carbocycles. The summed E-state index contributed by atoms with van der Waals surface area (Å²) in [6, 6.07) is 15.6. The first-order chi connectivity index (χ1) is 10.6. The maximum atomic E-state index is 12.0. The molecular formula is C16H11Cl2N3O. The Morgan fingerprint density at radius 2 is 1.86 bits per heavy atom. The Kier molecular flexibility index (Phi) is 5.42. The Morgan fingerprint density at radius 3 is 2.55 bits per heavy atom. The molecule has 0 radical (unpaired) electrons. The van der Waals surface area contributed by atoms with E-state index in [4.69, 9.17) is 28.5 Å². The highest BCUT2D eigenvalue weighted by Gasteiger charge is 2.09. The van der Waals surface area contributed by atoms with E-state index >= 15 is 0 Å². The summed E-state index contributed by atoms with van der Waals surface area (Å²) >= 11 is 11.9.